The minimum absolute atomic E-state index is 0.461. The van der Waals surface area contributed by atoms with Crippen LogP contribution in [0.4, 0.5) is 11.6 Å². The predicted octanol–water partition coefficient (Wildman–Crippen LogP) is 1.68. The number of aromatic nitrogens is 2. The monoisotopic (exact) mass is 200 g/mol. The van der Waals surface area contributed by atoms with Gasteiger partial charge in [0.25, 0.3) is 0 Å². The van der Waals surface area contributed by atoms with E-state index in [1.54, 1.807) is 12.4 Å². The standard InChI is InChI=1S/C11H12N4/c12-8-9-4-3-7-14-11(9)15-10-5-1-2-6-13-10/h1-7H,8,12H2,(H,13,14,15). The van der Waals surface area contributed by atoms with E-state index in [2.05, 4.69) is 15.3 Å². The zero-order valence-electron chi connectivity index (χ0n) is 8.22. The Labute approximate surface area is 88.2 Å². The number of hydrogen-bond acceptors (Lipinski definition) is 4. The highest BCUT2D eigenvalue weighted by Gasteiger charge is 2.01. The summed E-state index contributed by atoms with van der Waals surface area (Å²) in [5.74, 6) is 1.53. The molecular weight excluding hydrogens is 188 g/mol. The third-order valence-corrected chi connectivity index (χ3v) is 2.02. The van der Waals surface area contributed by atoms with Crippen LogP contribution in [0.3, 0.4) is 0 Å². The Balaban J connectivity index is 2.24. The molecule has 0 spiro atoms. The van der Waals surface area contributed by atoms with Crippen molar-refractivity contribution in [3.8, 4) is 0 Å². The Kier molecular flexibility index (Phi) is 2.90. The molecule has 0 aromatic carbocycles. The average molecular weight is 200 g/mol. The van der Waals surface area contributed by atoms with Gasteiger partial charge >= 0.3 is 0 Å². The van der Waals surface area contributed by atoms with Gasteiger partial charge in [0.2, 0.25) is 0 Å². The molecule has 0 unspecified atom stereocenters. The van der Waals surface area contributed by atoms with Crippen molar-refractivity contribution in [1.82, 2.24) is 9.97 Å². The molecule has 3 N–H and O–H groups in total. The summed E-state index contributed by atoms with van der Waals surface area (Å²) in [6.45, 7) is 0.461. The van der Waals surface area contributed by atoms with Crippen LogP contribution in [0.1, 0.15) is 5.56 Å². The summed E-state index contributed by atoms with van der Waals surface area (Å²) in [5.41, 5.74) is 6.58. The van der Waals surface area contributed by atoms with E-state index >= 15 is 0 Å². The Morgan fingerprint density at radius 1 is 1.07 bits per heavy atom. The van der Waals surface area contributed by atoms with Crippen LogP contribution in [0.25, 0.3) is 0 Å². The first kappa shape index (κ1) is 9.61. The third-order valence-electron chi connectivity index (χ3n) is 2.02. The lowest BCUT2D eigenvalue weighted by atomic mass is 10.2. The van der Waals surface area contributed by atoms with Crippen LogP contribution in [0.15, 0.2) is 42.7 Å². The Morgan fingerprint density at radius 3 is 2.67 bits per heavy atom. The molecule has 0 saturated carbocycles. The van der Waals surface area contributed by atoms with Crippen molar-refractivity contribution in [1.29, 1.82) is 0 Å². The van der Waals surface area contributed by atoms with Crippen LogP contribution in [0.2, 0.25) is 0 Å². The minimum Gasteiger partial charge on any atom is -0.326 e. The molecule has 0 aliphatic carbocycles. The van der Waals surface area contributed by atoms with Gasteiger partial charge in [-0.1, -0.05) is 12.1 Å². The van der Waals surface area contributed by atoms with Crippen molar-refractivity contribution >= 4 is 11.6 Å². The van der Waals surface area contributed by atoms with Crippen molar-refractivity contribution in [2.24, 2.45) is 5.73 Å². The van der Waals surface area contributed by atoms with Gasteiger partial charge in [-0.05, 0) is 18.2 Å². The molecule has 2 heterocycles. The predicted molar refractivity (Wildman–Crippen MR) is 59.6 cm³/mol. The Bertz CT molecular complexity index is 428. The van der Waals surface area contributed by atoms with Gasteiger partial charge in [0, 0.05) is 24.5 Å². The van der Waals surface area contributed by atoms with Crippen LogP contribution in [-0.4, -0.2) is 9.97 Å². The molecule has 0 atom stereocenters. The van der Waals surface area contributed by atoms with E-state index in [9.17, 15) is 0 Å². The number of rotatable bonds is 3. The zero-order chi connectivity index (χ0) is 10.5. The fourth-order valence-corrected chi connectivity index (χ4v) is 1.27. The van der Waals surface area contributed by atoms with Gasteiger partial charge in [0.1, 0.15) is 11.6 Å². The summed E-state index contributed by atoms with van der Waals surface area (Å²) < 4.78 is 0. The molecule has 0 fully saturated rings. The highest BCUT2D eigenvalue weighted by Crippen LogP contribution is 2.15. The minimum atomic E-state index is 0.461. The second kappa shape index (κ2) is 4.52. The van der Waals surface area contributed by atoms with Crippen LogP contribution < -0.4 is 11.1 Å². The highest BCUT2D eigenvalue weighted by atomic mass is 15.1. The second-order valence-electron chi connectivity index (χ2n) is 3.06. The average Bonchev–Trinajstić information content (AvgIpc) is 2.31. The fourth-order valence-electron chi connectivity index (χ4n) is 1.27. The van der Waals surface area contributed by atoms with E-state index in [0.29, 0.717) is 6.54 Å². The molecule has 0 amide bonds. The summed E-state index contributed by atoms with van der Waals surface area (Å²) >= 11 is 0. The first-order valence-corrected chi connectivity index (χ1v) is 4.72. The largest absolute Gasteiger partial charge is 0.326 e. The molecule has 2 aromatic rings. The first-order valence-electron chi connectivity index (χ1n) is 4.72. The molecule has 76 valence electrons. The van der Waals surface area contributed by atoms with Crippen LogP contribution >= 0.6 is 0 Å². The van der Waals surface area contributed by atoms with Crippen molar-refractivity contribution < 1.29 is 0 Å². The normalized spacial score (nSPS) is 9.93. The van der Waals surface area contributed by atoms with E-state index in [1.807, 2.05) is 30.3 Å². The maximum atomic E-state index is 5.60. The maximum Gasteiger partial charge on any atom is 0.135 e. The number of hydrogen-bond donors (Lipinski definition) is 2. The van der Waals surface area contributed by atoms with Crippen molar-refractivity contribution in [3.63, 3.8) is 0 Å². The summed E-state index contributed by atoms with van der Waals surface area (Å²) in [6, 6.07) is 9.48. The van der Waals surface area contributed by atoms with Gasteiger partial charge < -0.3 is 11.1 Å². The molecule has 0 aliphatic heterocycles. The Hall–Kier alpha value is -1.94. The highest BCUT2D eigenvalue weighted by molar-refractivity contribution is 5.55. The summed E-state index contributed by atoms with van der Waals surface area (Å²) in [7, 11) is 0. The van der Waals surface area contributed by atoms with Gasteiger partial charge in [0.05, 0.1) is 0 Å². The molecule has 4 nitrogen and oxygen atoms in total. The lowest BCUT2D eigenvalue weighted by Crippen LogP contribution is -2.04. The van der Waals surface area contributed by atoms with Gasteiger partial charge in [-0.3, -0.25) is 0 Å². The van der Waals surface area contributed by atoms with Gasteiger partial charge in [0.15, 0.2) is 0 Å². The van der Waals surface area contributed by atoms with Crippen LogP contribution in [0.5, 0.6) is 0 Å². The van der Waals surface area contributed by atoms with Crippen molar-refractivity contribution in [2.75, 3.05) is 5.32 Å². The maximum absolute atomic E-state index is 5.60. The SMILES string of the molecule is NCc1cccnc1Nc1ccccn1. The molecule has 2 rings (SSSR count). The van der Waals surface area contributed by atoms with Gasteiger partial charge in [-0.25, -0.2) is 9.97 Å². The molecule has 0 bridgehead atoms. The van der Waals surface area contributed by atoms with Crippen molar-refractivity contribution in [3.05, 3.63) is 48.3 Å². The zero-order valence-corrected chi connectivity index (χ0v) is 8.22. The molecule has 4 heteroatoms. The molecule has 0 radical (unpaired) electrons. The van der Waals surface area contributed by atoms with Gasteiger partial charge in [-0.2, -0.15) is 0 Å². The molecule has 15 heavy (non-hydrogen) atoms. The summed E-state index contributed by atoms with van der Waals surface area (Å²) in [4.78, 5) is 8.37. The van der Waals surface area contributed by atoms with Crippen LogP contribution in [0, 0.1) is 0 Å². The van der Waals surface area contributed by atoms with E-state index in [0.717, 1.165) is 17.2 Å². The lowest BCUT2D eigenvalue weighted by molar-refractivity contribution is 1.05. The van der Waals surface area contributed by atoms with E-state index < -0.39 is 0 Å². The number of nitrogens with one attached hydrogen (secondary N) is 1. The van der Waals surface area contributed by atoms with Crippen molar-refractivity contribution in [2.45, 2.75) is 6.54 Å². The molecule has 2 aromatic heterocycles. The summed E-state index contributed by atoms with van der Waals surface area (Å²) in [5, 5.41) is 3.12. The lowest BCUT2D eigenvalue weighted by Gasteiger charge is -2.07. The van der Waals surface area contributed by atoms with Crippen LogP contribution in [-0.2, 0) is 6.54 Å². The topological polar surface area (TPSA) is 63.8 Å². The first-order chi connectivity index (χ1) is 7.40. The number of nitrogens with two attached hydrogens (primary N) is 1. The number of pyridine rings is 2. The Morgan fingerprint density at radius 2 is 1.93 bits per heavy atom. The second-order valence-corrected chi connectivity index (χ2v) is 3.06. The van der Waals surface area contributed by atoms with E-state index in [-0.39, 0.29) is 0 Å². The molecule has 0 saturated heterocycles. The number of anilines is 2. The fraction of sp³-hybridized carbons (Fsp3) is 0.0909. The quantitative estimate of drug-likeness (QED) is 0.791. The third kappa shape index (κ3) is 2.30. The van der Waals surface area contributed by atoms with E-state index in [4.69, 9.17) is 5.73 Å². The number of nitrogens with zero attached hydrogens (tertiary/aromatic N) is 2. The molecule has 0 aliphatic rings. The van der Waals surface area contributed by atoms with Gasteiger partial charge in [-0.15, -0.1) is 0 Å². The summed E-state index contributed by atoms with van der Waals surface area (Å²) in [6.07, 6.45) is 3.46. The molecular formula is C11H12N4. The smallest absolute Gasteiger partial charge is 0.135 e. The van der Waals surface area contributed by atoms with E-state index in [1.165, 1.54) is 0 Å².